The molecule has 0 aliphatic carbocycles. The molecule has 0 unspecified atom stereocenters. The predicted octanol–water partition coefficient (Wildman–Crippen LogP) is 2.09. The SMILES string of the molecule is CN(CC(=O)N1CCCC1)c1ccc(Br)cc1N. The molecule has 0 aromatic heterocycles. The second kappa shape index (κ2) is 5.61. The van der Waals surface area contributed by atoms with Crippen LogP contribution in [0.25, 0.3) is 0 Å². The first-order valence-corrected chi connectivity index (χ1v) is 6.91. The number of nitrogens with two attached hydrogens (primary N) is 1. The van der Waals surface area contributed by atoms with Crippen molar-refractivity contribution in [3.63, 3.8) is 0 Å². The second-order valence-corrected chi connectivity index (χ2v) is 5.56. The van der Waals surface area contributed by atoms with E-state index in [1.165, 1.54) is 0 Å². The average molecular weight is 312 g/mol. The molecule has 98 valence electrons. The summed E-state index contributed by atoms with van der Waals surface area (Å²) in [5.41, 5.74) is 7.53. The number of hydrogen-bond acceptors (Lipinski definition) is 3. The molecule has 0 atom stereocenters. The molecule has 1 amide bonds. The third kappa shape index (κ3) is 2.96. The third-order valence-electron chi connectivity index (χ3n) is 3.23. The van der Waals surface area contributed by atoms with Crippen molar-refractivity contribution in [1.82, 2.24) is 4.90 Å². The van der Waals surface area contributed by atoms with Gasteiger partial charge in [-0.2, -0.15) is 0 Å². The molecule has 0 radical (unpaired) electrons. The van der Waals surface area contributed by atoms with Crippen molar-refractivity contribution in [2.24, 2.45) is 0 Å². The Balaban J connectivity index is 2.02. The number of benzene rings is 1. The molecule has 1 aromatic carbocycles. The van der Waals surface area contributed by atoms with Crippen molar-refractivity contribution in [3.8, 4) is 0 Å². The number of halogens is 1. The van der Waals surface area contributed by atoms with E-state index >= 15 is 0 Å². The molecule has 1 aromatic rings. The van der Waals surface area contributed by atoms with Gasteiger partial charge in [0, 0.05) is 24.6 Å². The first-order valence-electron chi connectivity index (χ1n) is 6.12. The van der Waals surface area contributed by atoms with Crippen molar-refractivity contribution in [3.05, 3.63) is 22.7 Å². The van der Waals surface area contributed by atoms with Crippen molar-refractivity contribution < 1.29 is 4.79 Å². The van der Waals surface area contributed by atoms with Gasteiger partial charge in [0.2, 0.25) is 5.91 Å². The summed E-state index contributed by atoms with van der Waals surface area (Å²) in [4.78, 5) is 15.9. The van der Waals surface area contributed by atoms with E-state index in [1.807, 2.05) is 35.0 Å². The summed E-state index contributed by atoms with van der Waals surface area (Å²) in [7, 11) is 1.90. The molecule has 0 saturated carbocycles. The number of nitrogens with zero attached hydrogens (tertiary/aromatic N) is 2. The first-order chi connectivity index (χ1) is 8.58. The van der Waals surface area contributed by atoms with Crippen LogP contribution in [0.2, 0.25) is 0 Å². The van der Waals surface area contributed by atoms with Gasteiger partial charge in [0.25, 0.3) is 0 Å². The molecule has 2 N–H and O–H groups in total. The molecule has 4 nitrogen and oxygen atoms in total. The Morgan fingerprint density at radius 3 is 2.72 bits per heavy atom. The minimum absolute atomic E-state index is 0.178. The van der Waals surface area contributed by atoms with Crippen LogP contribution in [0.15, 0.2) is 22.7 Å². The molecule has 1 aliphatic rings. The molecule has 1 aliphatic heterocycles. The van der Waals surface area contributed by atoms with Crippen LogP contribution in [0.1, 0.15) is 12.8 Å². The molecule has 18 heavy (non-hydrogen) atoms. The molecular weight excluding hydrogens is 294 g/mol. The van der Waals surface area contributed by atoms with Gasteiger partial charge in [0.1, 0.15) is 0 Å². The zero-order valence-electron chi connectivity index (χ0n) is 10.5. The number of amides is 1. The van der Waals surface area contributed by atoms with E-state index in [9.17, 15) is 4.79 Å². The molecule has 5 heteroatoms. The number of nitrogen functional groups attached to an aromatic ring is 1. The lowest BCUT2D eigenvalue weighted by molar-refractivity contribution is -0.128. The Hall–Kier alpha value is -1.23. The van der Waals surface area contributed by atoms with E-state index < -0.39 is 0 Å². The number of carbonyl (C=O) groups is 1. The Kier molecular flexibility index (Phi) is 4.11. The fourth-order valence-electron chi connectivity index (χ4n) is 2.23. The van der Waals surface area contributed by atoms with Gasteiger partial charge >= 0.3 is 0 Å². The zero-order valence-corrected chi connectivity index (χ0v) is 12.1. The number of likely N-dealkylation sites (N-methyl/N-ethyl adjacent to an activating group) is 1. The summed E-state index contributed by atoms with van der Waals surface area (Å²) < 4.78 is 0.947. The zero-order chi connectivity index (χ0) is 13.1. The maximum Gasteiger partial charge on any atom is 0.242 e. The van der Waals surface area contributed by atoms with E-state index in [0.717, 1.165) is 36.1 Å². The maximum atomic E-state index is 12.0. The predicted molar refractivity (Wildman–Crippen MR) is 77.6 cm³/mol. The monoisotopic (exact) mass is 311 g/mol. The Morgan fingerprint density at radius 2 is 2.11 bits per heavy atom. The standard InChI is InChI=1S/C13H18BrN3O/c1-16(9-13(18)17-6-2-3-7-17)12-5-4-10(14)8-11(12)15/h4-5,8H,2-3,6-7,9,15H2,1H3. The summed E-state index contributed by atoms with van der Waals surface area (Å²) in [6, 6.07) is 5.71. The smallest absolute Gasteiger partial charge is 0.242 e. The van der Waals surface area contributed by atoms with E-state index in [0.29, 0.717) is 12.2 Å². The largest absolute Gasteiger partial charge is 0.397 e. The topological polar surface area (TPSA) is 49.6 Å². The normalized spacial score (nSPS) is 14.9. The molecule has 2 rings (SSSR count). The van der Waals surface area contributed by atoms with Crippen LogP contribution < -0.4 is 10.6 Å². The van der Waals surface area contributed by atoms with Crippen LogP contribution in [0, 0.1) is 0 Å². The van der Waals surface area contributed by atoms with E-state index in [2.05, 4.69) is 15.9 Å². The summed E-state index contributed by atoms with van der Waals surface area (Å²) in [5.74, 6) is 0.178. The van der Waals surface area contributed by atoms with Gasteiger partial charge in [0.05, 0.1) is 17.9 Å². The number of hydrogen-bond donors (Lipinski definition) is 1. The minimum atomic E-state index is 0.178. The molecule has 1 heterocycles. The fourth-order valence-corrected chi connectivity index (χ4v) is 2.61. The van der Waals surface area contributed by atoms with Gasteiger partial charge in [-0.1, -0.05) is 15.9 Å². The minimum Gasteiger partial charge on any atom is -0.397 e. The van der Waals surface area contributed by atoms with Gasteiger partial charge < -0.3 is 15.5 Å². The Bertz CT molecular complexity index is 444. The number of rotatable bonds is 3. The van der Waals surface area contributed by atoms with Crippen molar-refractivity contribution in [2.75, 3.05) is 37.3 Å². The number of anilines is 2. The first kappa shape index (κ1) is 13.2. The van der Waals surface area contributed by atoms with Crippen LogP contribution >= 0.6 is 15.9 Å². The van der Waals surface area contributed by atoms with Crippen LogP contribution in [0.3, 0.4) is 0 Å². The lowest BCUT2D eigenvalue weighted by Crippen LogP contribution is -2.37. The summed E-state index contributed by atoms with van der Waals surface area (Å²) in [5, 5.41) is 0. The lowest BCUT2D eigenvalue weighted by atomic mass is 10.2. The van der Waals surface area contributed by atoms with Crippen LogP contribution in [0.4, 0.5) is 11.4 Å². The number of likely N-dealkylation sites (tertiary alicyclic amines) is 1. The highest BCUT2D eigenvalue weighted by atomic mass is 79.9. The third-order valence-corrected chi connectivity index (χ3v) is 3.73. The Morgan fingerprint density at radius 1 is 1.44 bits per heavy atom. The van der Waals surface area contributed by atoms with Crippen LogP contribution in [0.5, 0.6) is 0 Å². The van der Waals surface area contributed by atoms with Gasteiger partial charge in [-0.05, 0) is 31.0 Å². The second-order valence-electron chi connectivity index (χ2n) is 4.65. The quantitative estimate of drug-likeness (QED) is 0.870. The lowest BCUT2D eigenvalue weighted by Gasteiger charge is -2.24. The number of carbonyl (C=O) groups excluding carboxylic acids is 1. The summed E-state index contributed by atoms with van der Waals surface area (Å²) >= 11 is 3.38. The average Bonchev–Trinajstić information content (AvgIpc) is 2.81. The van der Waals surface area contributed by atoms with Crippen molar-refractivity contribution in [2.45, 2.75) is 12.8 Å². The van der Waals surface area contributed by atoms with Crippen LogP contribution in [-0.4, -0.2) is 37.5 Å². The molecule has 0 spiro atoms. The van der Waals surface area contributed by atoms with Gasteiger partial charge in [-0.15, -0.1) is 0 Å². The maximum absolute atomic E-state index is 12.0. The van der Waals surface area contributed by atoms with E-state index in [4.69, 9.17) is 5.73 Å². The molecular formula is C13H18BrN3O. The highest BCUT2D eigenvalue weighted by molar-refractivity contribution is 9.10. The van der Waals surface area contributed by atoms with Gasteiger partial charge in [0.15, 0.2) is 0 Å². The highest BCUT2D eigenvalue weighted by Crippen LogP contribution is 2.25. The van der Waals surface area contributed by atoms with E-state index in [-0.39, 0.29) is 5.91 Å². The molecule has 1 saturated heterocycles. The molecule has 1 fully saturated rings. The van der Waals surface area contributed by atoms with Crippen LogP contribution in [-0.2, 0) is 4.79 Å². The van der Waals surface area contributed by atoms with Gasteiger partial charge in [-0.25, -0.2) is 0 Å². The van der Waals surface area contributed by atoms with Gasteiger partial charge in [-0.3, -0.25) is 4.79 Å². The van der Waals surface area contributed by atoms with E-state index in [1.54, 1.807) is 0 Å². The summed E-state index contributed by atoms with van der Waals surface area (Å²) in [6.45, 7) is 2.16. The fraction of sp³-hybridized carbons (Fsp3) is 0.462. The van der Waals surface area contributed by atoms with Crippen molar-refractivity contribution >= 4 is 33.2 Å². The Labute approximate surface area is 116 Å². The highest BCUT2D eigenvalue weighted by Gasteiger charge is 2.19. The summed E-state index contributed by atoms with van der Waals surface area (Å²) in [6.07, 6.45) is 2.24. The van der Waals surface area contributed by atoms with Crippen molar-refractivity contribution in [1.29, 1.82) is 0 Å². The molecule has 0 bridgehead atoms.